The third-order valence-electron chi connectivity index (χ3n) is 2.93. The van der Waals surface area contributed by atoms with Crippen LogP contribution in [0.5, 0.6) is 0 Å². The molecule has 0 spiro atoms. The second kappa shape index (κ2) is 5.83. The van der Waals surface area contributed by atoms with Crippen molar-refractivity contribution in [3.8, 4) is 0 Å². The van der Waals surface area contributed by atoms with Gasteiger partial charge in [-0.05, 0) is 38.6 Å². The Hall–Kier alpha value is -1.56. The van der Waals surface area contributed by atoms with Crippen molar-refractivity contribution in [1.82, 2.24) is 10.2 Å². The number of carbonyl (C=O) groups excluding carboxylic acids is 2. The molecule has 20 heavy (non-hydrogen) atoms. The van der Waals surface area contributed by atoms with E-state index < -0.39 is 11.7 Å². The normalized spacial score (nSPS) is 18.9. The summed E-state index contributed by atoms with van der Waals surface area (Å²) in [5, 5.41) is 4.70. The van der Waals surface area contributed by atoms with Crippen LogP contribution >= 0.6 is 11.3 Å². The van der Waals surface area contributed by atoms with Gasteiger partial charge in [-0.2, -0.15) is 0 Å². The second-order valence-corrected chi connectivity index (χ2v) is 6.81. The predicted octanol–water partition coefficient (Wildman–Crippen LogP) is 2.49. The van der Waals surface area contributed by atoms with E-state index in [1.807, 2.05) is 38.3 Å². The van der Waals surface area contributed by atoms with Crippen LogP contribution in [0, 0.1) is 0 Å². The van der Waals surface area contributed by atoms with E-state index in [1.165, 1.54) is 11.3 Å². The highest BCUT2D eigenvalue weighted by Crippen LogP contribution is 2.17. The Morgan fingerprint density at radius 1 is 1.45 bits per heavy atom. The zero-order chi connectivity index (χ0) is 14.8. The molecule has 2 heterocycles. The number of nitrogens with zero attached hydrogens (tertiary/aromatic N) is 1. The first-order chi connectivity index (χ1) is 9.35. The van der Waals surface area contributed by atoms with E-state index in [0.717, 1.165) is 11.3 Å². The number of likely N-dealkylation sites (tertiary alicyclic amines) is 1. The molecule has 110 valence electrons. The van der Waals surface area contributed by atoms with Gasteiger partial charge in [-0.25, -0.2) is 4.79 Å². The maximum Gasteiger partial charge on any atom is 0.407 e. The molecule has 1 atom stereocenters. The highest BCUT2D eigenvalue weighted by Gasteiger charge is 2.29. The molecule has 1 N–H and O–H groups in total. The molecular formula is C14H20N2O3S. The van der Waals surface area contributed by atoms with Crippen LogP contribution < -0.4 is 5.32 Å². The highest BCUT2D eigenvalue weighted by molar-refractivity contribution is 7.12. The topological polar surface area (TPSA) is 58.6 Å². The molecule has 1 saturated heterocycles. The molecule has 0 saturated carbocycles. The Balaban J connectivity index is 1.84. The minimum atomic E-state index is -0.505. The summed E-state index contributed by atoms with van der Waals surface area (Å²) in [5.74, 6) is 0.0356. The lowest BCUT2D eigenvalue weighted by molar-refractivity contribution is 0.0502. The van der Waals surface area contributed by atoms with Gasteiger partial charge in [-0.1, -0.05) is 6.07 Å². The van der Waals surface area contributed by atoms with Crippen molar-refractivity contribution < 1.29 is 14.3 Å². The van der Waals surface area contributed by atoms with E-state index in [4.69, 9.17) is 4.74 Å². The van der Waals surface area contributed by atoms with Crippen LogP contribution in [0.4, 0.5) is 4.79 Å². The number of amides is 2. The van der Waals surface area contributed by atoms with Crippen LogP contribution in [0.2, 0.25) is 0 Å². The van der Waals surface area contributed by atoms with Gasteiger partial charge in [0.25, 0.3) is 5.91 Å². The lowest BCUT2D eigenvalue weighted by atomic mass is 10.2. The number of alkyl carbamates (subject to hydrolysis) is 1. The molecular weight excluding hydrogens is 276 g/mol. The Kier molecular flexibility index (Phi) is 4.32. The second-order valence-electron chi connectivity index (χ2n) is 5.86. The van der Waals surface area contributed by atoms with Gasteiger partial charge in [0, 0.05) is 13.1 Å². The molecule has 2 rings (SSSR count). The molecule has 0 unspecified atom stereocenters. The molecule has 1 aromatic rings. The smallest absolute Gasteiger partial charge is 0.407 e. The van der Waals surface area contributed by atoms with Crippen LogP contribution in [0.1, 0.15) is 36.9 Å². The number of hydrogen-bond donors (Lipinski definition) is 1. The first kappa shape index (κ1) is 14.8. The largest absolute Gasteiger partial charge is 0.444 e. The van der Waals surface area contributed by atoms with E-state index in [9.17, 15) is 9.59 Å². The third-order valence-corrected chi connectivity index (χ3v) is 3.79. The van der Waals surface area contributed by atoms with E-state index in [1.54, 1.807) is 4.90 Å². The van der Waals surface area contributed by atoms with Gasteiger partial charge in [0.1, 0.15) is 5.60 Å². The van der Waals surface area contributed by atoms with Crippen LogP contribution in [-0.2, 0) is 4.74 Å². The summed E-state index contributed by atoms with van der Waals surface area (Å²) in [6.45, 7) is 6.68. The number of ether oxygens (including phenoxy) is 1. The lowest BCUT2D eigenvalue weighted by Gasteiger charge is -2.22. The first-order valence-electron chi connectivity index (χ1n) is 6.67. The van der Waals surface area contributed by atoms with Gasteiger partial charge < -0.3 is 15.0 Å². The molecule has 0 radical (unpaired) electrons. The molecule has 6 heteroatoms. The van der Waals surface area contributed by atoms with E-state index in [2.05, 4.69) is 5.32 Å². The summed E-state index contributed by atoms with van der Waals surface area (Å²) in [5.41, 5.74) is -0.505. The predicted molar refractivity (Wildman–Crippen MR) is 78.0 cm³/mol. The maximum absolute atomic E-state index is 12.2. The molecule has 2 amide bonds. The molecule has 1 aromatic heterocycles. The Bertz CT molecular complexity index is 479. The fourth-order valence-electron chi connectivity index (χ4n) is 2.09. The number of nitrogens with one attached hydrogen (secondary N) is 1. The summed E-state index contributed by atoms with van der Waals surface area (Å²) in [6, 6.07) is 3.65. The molecule has 1 fully saturated rings. The Labute approximate surface area is 122 Å². The quantitative estimate of drug-likeness (QED) is 0.912. The minimum absolute atomic E-state index is 0.0336. The van der Waals surface area contributed by atoms with Crippen molar-refractivity contribution in [1.29, 1.82) is 0 Å². The van der Waals surface area contributed by atoms with Crippen molar-refractivity contribution in [3.05, 3.63) is 22.4 Å². The maximum atomic E-state index is 12.2. The van der Waals surface area contributed by atoms with Gasteiger partial charge in [-0.3, -0.25) is 4.79 Å². The summed E-state index contributed by atoms with van der Waals surface area (Å²) in [6.07, 6.45) is 0.337. The van der Waals surface area contributed by atoms with Crippen molar-refractivity contribution in [2.24, 2.45) is 0 Å². The number of hydrogen-bond acceptors (Lipinski definition) is 4. The molecule has 5 nitrogen and oxygen atoms in total. The molecule has 1 aliphatic rings. The van der Waals surface area contributed by atoms with Gasteiger partial charge >= 0.3 is 6.09 Å². The summed E-state index contributed by atoms with van der Waals surface area (Å²) < 4.78 is 5.22. The van der Waals surface area contributed by atoms with Crippen molar-refractivity contribution in [2.45, 2.75) is 38.8 Å². The van der Waals surface area contributed by atoms with Gasteiger partial charge in [0.15, 0.2) is 0 Å². The van der Waals surface area contributed by atoms with Crippen molar-refractivity contribution >= 4 is 23.3 Å². The van der Waals surface area contributed by atoms with E-state index >= 15 is 0 Å². The standard InChI is InChI=1S/C14H20N2O3S/c1-14(2,3)19-13(18)15-10-6-7-16(9-10)12(17)11-5-4-8-20-11/h4-5,8,10H,6-7,9H2,1-3H3,(H,15,18)/t10-/m1/s1. The van der Waals surface area contributed by atoms with E-state index in [-0.39, 0.29) is 11.9 Å². The highest BCUT2D eigenvalue weighted by atomic mass is 32.1. The number of thiophene rings is 1. The molecule has 0 bridgehead atoms. The summed E-state index contributed by atoms with van der Waals surface area (Å²) in [7, 11) is 0. The third kappa shape index (κ3) is 3.96. The fourth-order valence-corrected chi connectivity index (χ4v) is 2.78. The SMILES string of the molecule is CC(C)(C)OC(=O)N[C@@H]1CCN(C(=O)c2cccs2)C1. The van der Waals surface area contributed by atoms with Crippen LogP contribution in [-0.4, -0.2) is 41.6 Å². The average molecular weight is 296 g/mol. The minimum Gasteiger partial charge on any atom is -0.444 e. The number of carbonyl (C=O) groups is 2. The average Bonchev–Trinajstić information content (AvgIpc) is 2.95. The summed E-state index contributed by atoms with van der Waals surface area (Å²) >= 11 is 1.44. The Morgan fingerprint density at radius 2 is 2.20 bits per heavy atom. The van der Waals surface area contributed by atoms with Crippen molar-refractivity contribution in [3.63, 3.8) is 0 Å². The van der Waals surface area contributed by atoms with Crippen LogP contribution in [0.15, 0.2) is 17.5 Å². The van der Waals surface area contributed by atoms with Gasteiger partial charge in [0.05, 0.1) is 10.9 Å². The number of rotatable bonds is 2. The van der Waals surface area contributed by atoms with Crippen LogP contribution in [0.25, 0.3) is 0 Å². The van der Waals surface area contributed by atoms with Crippen LogP contribution in [0.3, 0.4) is 0 Å². The van der Waals surface area contributed by atoms with E-state index in [0.29, 0.717) is 13.1 Å². The molecule has 0 aromatic carbocycles. The monoisotopic (exact) mass is 296 g/mol. The zero-order valence-electron chi connectivity index (χ0n) is 12.0. The molecule has 0 aliphatic carbocycles. The van der Waals surface area contributed by atoms with Crippen molar-refractivity contribution in [2.75, 3.05) is 13.1 Å². The Morgan fingerprint density at radius 3 is 2.80 bits per heavy atom. The molecule has 1 aliphatic heterocycles. The lowest BCUT2D eigenvalue weighted by Crippen LogP contribution is -2.41. The summed E-state index contributed by atoms with van der Waals surface area (Å²) in [4.78, 5) is 26.4. The first-order valence-corrected chi connectivity index (χ1v) is 7.55. The fraction of sp³-hybridized carbons (Fsp3) is 0.571. The zero-order valence-corrected chi connectivity index (χ0v) is 12.8. The van der Waals surface area contributed by atoms with Gasteiger partial charge in [-0.15, -0.1) is 11.3 Å². The van der Waals surface area contributed by atoms with Gasteiger partial charge in [0.2, 0.25) is 0 Å².